The summed E-state index contributed by atoms with van der Waals surface area (Å²) >= 11 is 0. The Morgan fingerprint density at radius 3 is 1.43 bits per heavy atom. The van der Waals surface area contributed by atoms with E-state index in [4.69, 9.17) is 20.9 Å². The van der Waals surface area contributed by atoms with E-state index in [1.54, 1.807) is 0 Å². The van der Waals surface area contributed by atoms with Crippen LogP contribution in [0.5, 0.6) is 0 Å². The fourth-order valence-electron chi connectivity index (χ4n) is 6.44. The van der Waals surface area contributed by atoms with E-state index in [1.165, 1.54) is 51.4 Å². The number of unbranched alkanes of at least 4 members (excludes halogenated alkanes) is 16. The van der Waals surface area contributed by atoms with Crippen molar-refractivity contribution in [2.24, 2.45) is 28.3 Å². The third-order valence-electron chi connectivity index (χ3n) is 9.90. The van der Waals surface area contributed by atoms with Crippen LogP contribution in [0.1, 0.15) is 182 Å². The average Bonchev–Trinajstić information content (AvgIpc) is 3.17. The number of esters is 2. The summed E-state index contributed by atoms with van der Waals surface area (Å²) in [6, 6.07) is 0. The van der Waals surface area contributed by atoms with Crippen LogP contribution in [-0.2, 0) is 28.7 Å². The molecule has 2 atom stereocenters. The first kappa shape index (κ1) is 52.6. The van der Waals surface area contributed by atoms with Crippen LogP contribution < -0.4 is 16.8 Å². The minimum Gasteiger partial charge on any atom is -0.466 e. The number of guanidine groups is 1. The van der Waals surface area contributed by atoms with Gasteiger partial charge in [-0.1, -0.05) is 89.5 Å². The zero-order valence-electron chi connectivity index (χ0n) is 36.2. The Hall–Kier alpha value is -3.37. The Labute approximate surface area is 341 Å². The van der Waals surface area contributed by atoms with Crippen molar-refractivity contribution in [2.75, 3.05) is 39.4 Å². The SMILES string of the molecule is CCOC(=O)CCCC/C=C\CCCCCCCCN(CCCCCCCC/C=C\CCCCC(=O)OCC)C(=O)C(C)CNC(=O)C(C)CCCN=C(N)N. The van der Waals surface area contributed by atoms with E-state index in [0.29, 0.717) is 45.6 Å². The van der Waals surface area contributed by atoms with Gasteiger partial charge in [-0.2, -0.15) is 0 Å². The predicted octanol–water partition coefficient (Wildman–Crippen LogP) is 9.08. The second-order valence-corrected chi connectivity index (χ2v) is 15.2. The third-order valence-corrected chi connectivity index (χ3v) is 9.90. The van der Waals surface area contributed by atoms with Crippen LogP contribution in [-0.4, -0.2) is 74.0 Å². The van der Waals surface area contributed by atoms with Crippen LogP contribution >= 0.6 is 0 Å². The molecule has 0 aliphatic heterocycles. The van der Waals surface area contributed by atoms with Gasteiger partial charge in [-0.25, -0.2) is 0 Å². The molecule has 0 radical (unpaired) electrons. The number of nitrogens with two attached hydrogens (primary N) is 2. The van der Waals surface area contributed by atoms with Gasteiger partial charge in [-0.3, -0.25) is 24.2 Å². The molecule has 2 amide bonds. The fourth-order valence-corrected chi connectivity index (χ4v) is 6.44. The number of nitrogens with one attached hydrogen (secondary N) is 1. The normalized spacial score (nSPS) is 12.4. The first-order valence-corrected chi connectivity index (χ1v) is 22.3. The number of amides is 2. The summed E-state index contributed by atoms with van der Waals surface area (Å²) in [4.78, 5) is 55.1. The topological polar surface area (TPSA) is 166 Å². The zero-order chi connectivity index (χ0) is 41.5. The van der Waals surface area contributed by atoms with Crippen LogP contribution in [0.15, 0.2) is 29.3 Å². The second kappa shape index (κ2) is 38.5. The lowest BCUT2D eigenvalue weighted by atomic mass is 10.0. The molecule has 0 bridgehead atoms. The molecule has 0 spiro atoms. The number of hydrogen-bond donors (Lipinski definition) is 3. The van der Waals surface area contributed by atoms with E-state index >= 15 is 0 Å². The number of nitrogens with zero attached hydrogens (tertiary/aromatic N) is 2. The van der Waals surface area contributed by atoms with E-state index in [-0.39, 0.29) is 41.5 Å². The van der Waals surface area contributed by atoms with Crippen molar-refractivity contribution in [3.05, 3.63) is 24.3 Å². The van der Waals surface area contributed by atoms with Crippen molar-refractivity contribution in [3.63, 3.8) is 0 Å². The van der Waals surface area contributed by atoms with Crippen LogP contribution in [0.4, 0.5) is 0 Å². The van der Waals surface area contributed by atoms with Crippen LogP contribution in [0.25, 0.3) is 0 Å². The van der Waals surface area contributed by atoms with Gasteiger partial charge in [0, 0.05) is 44.9 Å². The van der Waals surface area contributed by atoms with Gasteiger partial charge < -0.3 is 31.2 Å². The van der Waals surface area contributed by atoms with Crippen molar-refractivity contribution in [1.29, 1.82) is 0 Å². The molecule has 0 saturated carbocycles. The number of rotatable bonds is 38. The number of hydrogen-bond acceptors (Lipinski definition) is 7. The summed E-state index contributed by atoms with van der Waals surface area (Å²) in [6.45, 7) is 10.8. The maximum atomic E-state index is 13.6. The van der Waals surface area contributed by atoms with Gasteiger partial charge in [0.15, 0.2) is 5.96 Å². The van der Waals surface area contributed by atoms with Crippen molar-refractivity contribution in [3.8, 4) is 0 Å². The molecule has 0 aliphatic rings. The van der Waals surface area contributed by atoms with Gasteiger partial charge in [0.1, 0.15) is 0 Å². The molecule has 2 unspecified atom stereocenters. The Morgan fingerprint density at radius 2 is 1.00 bits per heavy atom. The Bertz CT molecular complexity index is 1040. The molecule has 0 aromatic rings. The van der Waals surface area contributed by atoms with E-state index in [1.807, 2.05) is 32.6 Å². The highest BCUT2D eigenvalue weighted by molar-refractivity contribution is 5.81. The van der Waals surface area contributed by atoms with Crippen molar-refractivity contribution in [1.82, 2.24) is 10.2 Å². The highest BCUT2D eigenvalue weighted by Crippen LogP contribution is 2.14. The van der Waals surface area contributed by atoms with Gasteiger partial charge in [-0.15, -0.1) is 0 Å². The van der Waals surface area contributed by atoms with Crippen LogP contribution in [0.3, 0.4) is 0 Å². The molecule has 0 saturated heterocycles. The lowest BCUT2D eigenvalue weighted by Crippen LogP contribution is -2.42. The van der Waals surface area contributed by atoms with Crippen molar-refractivity contribution >= 4 is 29.7 Å². The van der Waals surface area contributed by atoms with E-state index in [2.05, 4.69) is 34.6 Å². The minimum absolute atomic E-state index is 0.0380. The summed E-state index contributed by atoms with van der Waals surface area (Å²) in [7, 11) is 0. The molecule has 0 aromatic carbocycles. The third kappa shape index (κ3) is 33.9. The predicted molar refractivity (Wildman–Crippen MR) is 231 cm³/mol. The van der Waals surface area contributed by atoms with Crippen LogP contribution in [0, 0.1) is 11.8 Å². The second-order valence-electron chi connectivity index (χ2n) is 15.2. The number of carbonyl (C=O) groups is 4. The molecule has 324 valence electrons. The summed E-state index contributed by atoms with van der Waals surface area (Å²) in [5.41, 5.74) is 10.8. The van der Waals surface area contributed by atoms with Gasteiger partial charge >= 0.3 is 11.9 Å². The monoisotopic (exact) mass is 790 g/mol. The molecule has 56 heavy (non-hydrogen) atoms. The first-order valence-electron chi connectivity index (χ1n) is 22.3. The molecular weight excluding hydrogens is 707 g/mol. The standard InChI is InChI=1S/C45H83N5O6/c1-5-55-41(51)33-27-23-19-15-11-7-9-13-17-21-25-29-36-50(44(54)40(4)38-49-43(53)39(3)32-31-35-48-45(46)47)37-30-26-22-18-14-10-8-12-16-20-24-28-34-42(52)56-6-2/h11-12,15-16,39-40H,5-10,13-14,17-38H2,1-4H3,(H,49,53)(H4,46,47,48)/b15-11-,16-12-. The number of ether oxygens (including phenoxy) is 2. The summed E-state index contributed by atoms with van der Waals surface area (Å²) in [5, 5.41) is 3.00. The fraction of sp³-hybridized carbons (Fsp3) is 0.800. The molecule has 0 aliphatic carbocycles. The van der Waals surface area contributed by atoms with Gasteiger partial charge in [0.2, 0.25) is 11.8 Å². The van der Waals surface area contributed by atoms with Crippen LogP contribution in [0.2, 0.25) is 0 Å². The quantitative estimate of drug-likeness (QED) is 0.0183. The molecule has 0 heterocycles. The largest absolute Gasteiger partial charge is 0.466 e. The molecule has 5 N–H and O–H groups in total. The number of allylic oxidation sites excluding steroid dienone is 4. The van der Waals surface area contributed by atoms with Gasteiger partial charge in [0.05, 0.1) is 19.1 Å². The Balaban J connectivity index is 4.50. The molecule has 11 nitrogen and oxygen atoms in total. The van der Waals surface area contributed by atoms with Gasteiger partial charge in [-0.05, 0) is 104 Å². The highest BCUT2D eigenvalue weighted by Gasteiger charge is 2.22. The lowest BCUT2D eigenvalue weighted by Gasteiger charge is -2.26. The lowest BCUT2D eigenvalue weighted by molar-refractivity contribution is -0.144. The molecule has 0 fully saturated rings. The number of carbonyl (C=O) groups excluding carboxylic acids is 4. The van der Waals surface area contributed by atoms with E-state index in [0.717, 1.165) is 96.6 Å². The summed E-state index contributed by atoms with van der Waals surface area (Å²) in [5.74, 6) is -0.479. The maximum absolute atomic E-state index is 13.6. The Morgan fingerprint density at radius 1 is 0.589 bits per heavy atom. The number of aliphatic imine (C=N–C) groups is 1. The highest BCUT2D eigenvalue weighted by atomic mass is 16.5. The summed E-state index contributed by atoms with van der Waals surface area (Å²) in [6.07, 6.45) is 33.3. The molecular formula is C45H83N5O6. The van der Waals surface area contributed by atoms with E-state index < -0.39 is 0 Å². The zero-order valence-corrected chi connectivity index (χ0v) is 36.2. The van der Waals surface area contributed by atoms with E-state index in [9.17, 15) is 19.2 Å². The van der Waals surface area contributed by atoms with Gasteiger partial charge in [0.25, 0.3) is 0 Å². The Kier molecular flexibility index (Phi) is 36.2. The van der Waals surface area contributed by atoms with Crippen molar-refractivity contribution < 1.29 is 28.7 Å². The van der Waals surface area contributed by atoms with Crippen molar-refractivity contribution in [2.45, 2.75) is 182 Å². The maximum Gasteiger partial charge on any atom is 0.305 e. The smallest absolute Gasteiger partial charge is 0.305 e. The molecule has 0 aromatic heterocycles. The molecule has 0 rings (SSSR count). The summed E-state index contributed by atoms with van der Waals surface area (Å²) < 4.78 is 9.94. The average molecular weight is 790 g/mol. The minimum atomic E-state index is -0.274. The first-order chi connectivity index (χ1) is 27.1. The molecule has 11 heteroatoms.